The number of amides is 1. The van der Waals surface area contributed by atoms with Gasteiger partial charge in [-0.15, -0.1) is 0 Å². The van der Waals surface area contributed by atoms with Gasteiger partial charge in [-0.3, -0.25) is 14.9 Å². The first kappa shape index (κ1) is 16.2. The number of hydrogen-bond acceptors (Lipinski definition) is 5. The van der Waals surface area contributed by atoms with Gasteiger partial charge in [0, 0.05) is 30.5 Å². The van der Waals surface area contributed by atoms with Gasteiger partial charge in [0.15, 0.2) is 5.78 Å². The second-order valence-electron chi connectivity index (χ2n) is 6.42. The number of rotatable bonds is 3. The first-order valence-electron chi connectivity index (χ1n) is 8.40. The van der Waals surface area contributed by atoms with E-state index in [9.17, 15) is 9.59 Å². The van der Waals surface area contributed by atoms with Crippen molar-refractivity contribution in [3.8, 4) is 0 Å². The average Bonchev–Trinajstić information content (AvgIpc) is 3.16. The van der Waals surface area contributed by atoms with Gasteiger partial charge in [-0.1, -0.05) is 17.7 Å². The number of Topliss-reactive ketones (excluding diaryl/α,β-unsaturated/α-hetero) is 1. The summed E-state index contributed by atoms with van der Waals surface area (Å²) in [5.41, 5.74) is 2.69. The van der Waals surface area contributed by atoms with Crippen LogP contribution in [-0.2, 0) is 6.42 Å². The zero-order valence-corrected chi connectivity index (χ0v) is 14.2. The van der Waals surface area contributed by atoms with Crippen LogP contribution in [0.4, 0.5) is 5.95 Å². The van der Waals surface area contributed by atoms with Gasteiger partial charge < -0.3 is 4.42 Å². The van der Waals surface area contributed by atoms with Crippen LogP contribution in [0.15, 0.2) is 53.3 Å². The average molecular weight is 347 g/mol. The van der Waals surface area contributed by atoms with Crippen LogP contribution in [0.2, 0.25) is 0 Å². The van der Waals surface area contributed by atoms with Crippen LogP contribution in [0.25, 0.3) is 0 Å². The van der Waals surface area contributed by atoms with E-state index in [1.807, 2.05) is 31.2 Å². The number of furan rings is 1. The predicted molar refractivity (Wildman–Crippen MR) is 95.3 cm³/mol. The lowest BCUT2D eigenvalue weighted by Crippen LogP contribution is -2.22. The van der Waals surface area contributed by atoms with Crippen LogP contribution in [-0.4, -0.2) is 21.7 Å². The molecule has 26 heavy (non-hydrogen) atoms. The first-order valence-corrected chi connectivity index (χ1v) is 8.40. The Hall–Kier alpha value is -3.28. The highest BCUT2D eigenvalue weighted by atomic mass is 16.3. The van der Waals surface area contributed by atoms with Crippen molar-refractivity contribution in [1.82, 2.24) is 9.97 Å². The number of aryl methyl sites for hydroxylation is 1. The molecule has 0 unspecified atom stereocenters. The standard InChI is InChI=1S/C20H17N3O3/c1-12-4-2-5-13(8-12)19(25)23-20-21-11-15-16(22-20)9-14(10-17(15)24)18-6-3-7-26-18/h2-8,11,14H,9-10H2,1H3,(H,21,22,23,25)/t14-/m1/s1. The topological polar surface area (TPSA) is 85.1 Å². The van der Waals surface area contributed by atoms with Crippen LogP contribution < -0.4 is 5.32 Å². The molecule has 6 nitrogen and oxygen atoms in total. The summed E-state index contributed by atoms with van der Waals surface area (Å²) in [6.45, 7) is 1.92. The van der Waals surface area contributed by atoms with Crippen LogP contribution in [0.1, 0.15) is 50.1 Å². The van der Waals surface area contributed by atoms with Crippen LogP contribution >= 0.6 is 0 Å². The maximum atomic E-state index is 12.4. The number of fused-ring (bicyclic) bond motifs is 1. The Balaban J connectivity index is 1.58. The molecule has 1 aromatic carbocycles. The fraction of sp³-hybridized carbons (Fsp3) is 0.200. The number of nitrogens with one attached hydrogen (secondary N) is 1. The minimum atomic E-state index is -0.279. The lowest BCUT2D eigenvalue weighted by atomic mass is 9.85. The smallest absolute Gasteiger partial charge is 0.258 e. The normalized spacial score (nSPS) is 16.2. The lowest BCUT2D eigenvalue weighted by molar-refractivity contribution is 0.0958. The summed E-state index contributed by atoms with van der Waals surface area (Å²) >= 11 is 0. The minimum Gasteiger partial charge on any atom is -0.469 e. The molecule has 2 heterocycles. The van der Waals surface area contributed by atoms with Gasteiger partial charge in [0.05, 0.1) is 17.5 Å². The fourth-order valence-corrected chi connectivity index (χ4v) is 3.19. The maximum absolute atomic E-state index is 12.4. The van der Waals surface area contributed by atoms with E-state index in [0.717, 1.165) is 11.3 Å². The van der Waals surface area contributed by atoms with E-state index < -0.39 is 0 Å². The van der Waals surface area contributed by atoms with Crippen molar-refractivity contribution in [1.29, 1.82) is 0 Å². The molecule has 1 atom stereocenters. The molecular weight excluding hydrogens is 330 g/mol. The number of ketones is 1. The largest absolute Gasteiger partial charge is 0.469 e. The zero-order valence-electron chi connectivity index (χ0n) is 14.2. The summed E-state index contributed by atoms with van der Waals surface area (Å²) in [6, 6.07) is 11.0. The van der Waals surface area contributed by atoms with Crippen molar-refractivity contribution in [2.24, 2.45) is 0 Å². The van der Waals surface area contributed by atoms with Gasteiger partial charge >= 0.3 is 0 Å². The molecule has 0 spiro atoms. The summed E-state index contributed by atoms with van der Waals surface area (Å²) < 4.78 is 5.43. The Bertz CT molecular complexity index is 980. The van der Waals surface area contributed by atoms with E-state index in [-0.39, 0.29) is 23.6 Å². The van der Waals surface area contributed by atoms with Crippen LogP contribution in [0.3, 0.4) is 0 Å². The molecule has 0 radical (unpaired) electrons. The Labute approximate surface area is 150 Å². The van der Waals surface area contributed by atoms with E-state index in [4.69, 9.17) is 4.42 Å². The molecule has 130 valence electrons. The van der Waals surface area contributed by atoms with Gasteiger partial charge in [-0.2, -0.15) is 0 Å². The summed E-state index contributed by atoms with van der Waals surface area (Å²) in [6.07, 6.45) is 4.04. The van der Waals surface area contributed by atoms with Crippen molar-refractivity contribution >= 4 is 17.6 Å². The third-order valence-corrected chi connectivity index (χ3v) is 4.49. The molecule has 6 heteroatoms. The molecule has 2 aromatic heterocycles. The van der Waals surface area contributed by atoms with Gasteiger partial charge in [0.2, 0.25) is 5.95 Å². The van der Waals surface area contributed by atoms with Crippen molar-refractivity contribution in [2.45, 2.75) is 25.7 Å². The molecule has 4 rings (SSSR count). The molecule has 0 saturated carbocycles. The van der Waals surface area contributed by atoms with E-state index >= 15 is 0 Å². The highest BCUT2D eigenvalue weighted by molar-refractivity contribution is 6.03. The number of carbonyl (C=O) groups excluding carboxylic acids is 2. The SMILES string of the molecule is Cc1cccc(C(=O)Nc2ncc3c(n2)C[C@@H](c2ccco2)CC3=O)c1. The van der Waals surface area contributed by atoms with E-state index in [1.54, 1.807) is 18.4 Å². The molecule has 1 aliphatic rings. The third kappa shape index (κ3) is 3.13. The summed E-state index contributed by atoms with van der Waals surface area (Å²) in [4.78, 5) is 33.3. The summed E-state index contributed by atoms with van der Waals surface area (Å²) in [7, 11) is 0. The number of nitrogens with zero attached hydrogens (tertiary/aromatic N) is 2. The molecule has 1 N–H and O–H groups in total. The number of anilines is 1. The molecular formula is C20H17N3O3. The predicted octanol–water partition coefficient (Wildman–Crippen LogP) is 3.54. The number of carbonyl (C=O) groups is 2. The van der Waals surface area contributed by atoms with E-state index in [0.29, 0.717) is 29.7 Å². The van der Waals surface area contributed by atoms with E-state index in [1.165, 1.54) is 6.20 Å². The van der Waals surface area contributed by atoms with Gasteiger partial charge in [-0.05, 0) is 31.2 Å². The van der Waals surface area contributed by atoms with Crippen LogP contribution in [0, 0.1) is 6.92 Å². The number of benzene rings is 1. The van der Waals surface area contributed by atoms with Gasteiger partial charge in [0.1, 0.15) is 5.76 Å². The van der Waals surface area contributed by atoms with Crippen LogP contribution in [0.5, 0.6) is 0 Å². The van der Waals surface area contributed by atoms with Gasteiger partial charge in [0.25, 0.3) is 5.91 Å². The van der Waals surface area contributed by atoms with E-state index in [2.05, 4.69) is 15.3 Å². The lowest BCUT2D eigenvalue weighted by Gasteiger charge is -2.21. The van der Waals surface area contributed by atoms with Gasteiger partial charge in [-0.25, -0.2) is 9.97 Å². The summed E-state index contributed by atoms with van der Waals surface area (Å²) in [5, 5.41) is 2.70. The summed E-state index contributed by atoms with van der Waals surface area (Å²) in [5.74, 6) is 0.638. The molecule has 0 saturated heterocycles. The third-order valence-electron chi connectivity index (χ3n) is 4.49. The molecule has 0 fully saturated rings. The molecule has 1 aliphatic carbocycles. The first-order chi connectivity index (χ1) is 12.6. The molecule has 1 amide bonds. The monoisotopic (exact) mass is 347 g/mol. The second kappa shape index (κ2) is 6.55. The quantitative estimate of drug-likeness (QED) is 0.783. The number of hydrogen-bond donors (Lipinski definition) is 1. The Kier molecular flexibility index (Phi) is 4.08. The van der Waals surface area contributed by atoms with Crippen molar-refractivity contribution in [3.63, 3.8) is 0 Å². The molecule has 0 bridgehead atoms. The maximum Gasteiger partial charge on any atom is 0.258 e. The molecule has 0 aliphatic heterocycles. The second-order valence-corrected chi connectivity index (χ2v) is 6.42. The fourth-order valence-electron chi connectivity index (χ4n) is 3.19. The van der Waals surface area contributed by atoms with Crippen molar-refractivity contribution in [2.75, 3.05) is 5.32 Å². The van der Waals surface area contributed by atoms with Crippen molar-refractivity contribution < 1.29 is 14.0 Å². The minimum absolute atomic E-state index is 0.00999. The Morgan fingerprint density at radius 3 is 2.88 bits per heavy atom. The zero-order chi connectivity index (χ0) is 18.1. The Morgan fingerprint density at radius 1 is 1.23 bits per heavy atom. The highest BCUT2D eigenvalue weighted by Crippen LogP contribution is 2.32. The molecule has 3 aromatic rings. The van der Waals surface area contributed by atoms with Crippen molar-refractivity contribution in [3.05, 3.63) is 77.0 Å². The highest BCUT2D eigenvalue weighted by Gasteiger charge is 2.29. The Morgan fingerprint density at radius 2 is 2.12 bits per heavy atom. The number of aromatic nitrogens is 2.